The molecule has 16 N–H and O–H groups in total. The summed E-state index contributed by atoms with van der Waals surface area (Å²) in [6, 6.07) is 40.7. The predicted octanol–water partition coefficient (Wildman–Crippen LogP) is 4.89. The van der Waals surface area contributed by atoms with E-state index in [1.54, 1.807) is 135 Å². The summed E-state index contributed by atoms with van der Waals surface area (Å²) in [5.74, 6) is -7.96. The van der Waals surface area contributed by atoms with Crippen molar-refractivity contribution in [3.8, 4) is 11.1 Å². The Hall–Kier alpha value is -10.3. The fraction of sp³-hybridized carbons (Fsp3) is 0.403. The molecule has 24 heteroatoms. The Morgan fingerprint density at radius 3 is 1.02 bits per heavy atom. The molecular formula is C77H98N12O12. The van der Waals surface area contributed by atoms with Gasteiger partial charge in [-0.2, -0.15) is 0 Å². The van der Waals surface area contributed by atoms with E-state index in [0.717, 1.165) is 22.3 Å². The molecule has 9 atom stereocenters. The number of aliphatic carboxylic acids is 1. The van der Waals surface area contributed by atoms with Gasteiger partial charge in [0.05, 0.1) is 0 Å². The average molecular weight is 1380 g/mol. The normalized spacial score (nSPS) is 14.2. The quantitative estimate of drug-likeness (QED) is 0.0227. The van der Waals surface area contributed by atoms with E-state index in [4.69, 9.17) is 21.9 Å². The second-order valence-corrected chi connectivity index (χ2v) is 25.5. The zero-order chi connectivity index (χ0) is 72.5. The van der Waals surface area contributed by atoms with Crippen molar-refractivity contribution in [3.63, 3.8) is 0 Å². The van der Waals surface area contributed by atoms with Gasteiger partial charge in [0.1, 0.15) is 61.5 Å². The van der Waals surface area contributed by atoms with Crippen LogP contribution in [0.3, 0.4) is 0 Å². The van der Waals surface area contributed by atoms with Gasteiger partial charge >= 0.3 is 12.1 Å². The number of amides is 9. The topological polar surface area (TPSA) is 386 Å². The number of benzene rings is 6. The number of ether oxygens (including phenoxy) is 1. The minimum atomic E-state index is -1.38. The first-order chi connectivity index (χ1) is 48.9. The summed E-state index contributed by atoms with van der Waals surface area (Å²) in [6.45, 7) is 3.75. The third-order valence-electron chi connectivity index (χ3n) is 17.9. The molecule has 0 unspecified atom stereocenters. The lowest BCUT2D eigenvalue weighted by molar-refractivity contribution is -0.144. The van der Waals surface area contributed by atoms with Gasteiger partial charge in [-0.05, 0) is 128 Å². The molecule has 0 radical (unpaired) electrons. The first kappa shape index (κ1) is 78.0. The zero-order valence-corrected chi connectivity index (χ0v) is 57.5. The molecule has 24 nitrogen and oxygen atoms in total. The van der Waals surface area contributed by atoms with Crippen LogP contribution in [0.4, 0.5) is 4.79 Å². The molecule has 7 rings (SSSR count). The summed E-state index contributed by atoms with van der Waals surface area (Å²) in [7, 11) is 0. The Balaban J connectivity index is 1.09. The van der Waals surface area contributed by atoms with Gasteiger partial charge in [0.2, 0.25) is 47.3 Å². The molecule has 6 aromatic carbocycles. The number of fused-ring (bicyclic) bond motifs is 3. The van der Waals surface area contributed by atoms with Crippen LogP contribution in [0.2, 0.25) is 0 Å². The Kier molecular flexibility index (Phi) is 31.9. The van der Waals surface area contributed by atoms with Crippen LogP contribution >= 0.6 is 0 Å². The van der Waals surface area contributed by atoms with Crippen molar-refractivity contribution >= 4 is 59.3 Å². The number of nitrogens with two attached hydrogens (primary N) is 3. The standard InChI is InChI=1S/C77H98N12O12/c1-3-50(2)68(76(98)99)89-71(93)62(40-22-25-43-80)85-74(96)65(46-53-30-12-6-13-31-53)88-75(97)66(47-54-32-14-7-15-33-54)86-70(92)61(39-21-24-42-79)83-69(91)60(38-20-23-41-78)84-73(95)64(45-52-28-10-5-11-29-52)87-72(94)63(44-51-26-8-4-9-27-51)82-67(90)48-81-77(100)101-49-59-57-36-18-16-34-55(57)56-35-17-19-37-58(56)59/h4-19,26-37,50,59-66,68H,3,20-25,38-49,78-80H2,1-2H3,(H,81,100)(H,82,90)(H,83,91)(H,84,95)(H,85,96)(H,86,92)(H,87,94)(H,88,97)(H,89,93)(H,98,99)/t50-,60-,61-,62-,63-,64-,65-,66-,68-/m0/s1. The maximum Gasteiger partial charge on any atom is 0.407 e. The lowest BCUT2D eigenvalue weighted by Crippen LogP contribution is -2.61. The number of carbonyl (C=O) groups is 10. The van der Waals surface area contributed by atoms with E-state index in [-0.39, 0.29) is 70.6 Å². The van der Waals surface area contributed by atoms with Gasteiger partial charge in [-0.25, -0.2) is 9.59 Å². The minimum absolute atomic E-state index is 0.00676. The number of rotatable bonds is 42. The van der Waals surface area contributed by atoms with Crippen molar-refractivity contribution in [1.29, 1.82) is 0 Å². The molecular weight excluding hydrogens is 1280 g/mol. The smallest absolute Gasteiger partial charge is 0.407 e. The first-order valence-corrected chi connectivity index (χ1v) is 34.9. The summed E-state index contributed by atoms with van der Waals surface area (Å²) in [4.78, 5) is 142. The third-order valence-corrected chi connectivity index (χ3v) is 17.9. The second kappa shape index (κ2) is 41.3. The molecule has 101 heavy (non-hydrogen) atoms. The number of hydrogen-bond donors (Lipinski definition) is 13. The number of alkyl carbamates (subject to hydrolysis) is 1. The van der Waals surface area contributed by atoms with Crippen molar-refractivity contribution in [1.82, 2.24) is 47.9 Å². The van der Waals surface area contributed by atoms with Gasteiger partial charge in [0, 0.05) is 31.6 Å². The monoisotopic (exact) mass is 1380 g/mol. The maximum atomic E-state index is 15.0. The fourth-order valence-corrected chi connectivity index (χ4v) is 12.1. The second-order valence-electron chi connectivity index (χ2n) is 25.5. The van der Waals surface area contributed by atoms with Gasteiger partial charge in [-0.15, -0.1) is 0 Å². The number of nitrogens with one attached hydrogen (secondary N) is 9. The molecule has 0 aromatic heterocycles. The fourth-order valence-electron chi connectivity index (χ4n) is 12.1. The predicted molar refractivity (Wildman–Crippen MR) is 385 cm³/mol. The Morgan fingerprint density at radius 1 is 0.396 bits per heavy atom. The lowest BCUT2D eigenvalue weighted by atomic mass is 9.98. The van der Waals surface area contributed by atoms with Gasteiger partial charge in [0.15, 0.2) is 0 Å². The Labute approximate surface area is 590 Å². The number of carboxylic acid groups (broad SMARTS) is 1. The van der Waals surface area contributed by atoms with E-state index in [9.17, 15) is 53.1 Å². The van der Waals surface area contributed by atoms with Gasteiger partial charge < -0.3 is 74.9 Å². The van der Waals surface area contributed by atoms with Crippen LogP contribution in [0, 0.1) is 5.92 Å². The van der Waals surface area contributed by atoms with Crippen LogP contribution in [-0.2, 0) is 73.6 Å². The highest BCUT2D eigenvalue weighted by molar-refractivity contribution is 5.98. The summed E-state index contributed by atoms with van der Waals surface area (Å²) < 4.78 is 5.67. The molecule has 538 valence electrons. The molecule has 0 saturated carbocycles. The average Bonchev–Trinajstić information content (AvgIpc) is 1.62. The molecule has 9 amide bonds. The molecule has 1 aliphatic rings. The van der Waals surface area contributed by atoms with Gasteiger partial charge in [0.25, 0.3) is 0 Å². The third kappa shape index (κ3) is 24.8. The molecule has 0 fully saturated rings. The molecule has 6 aromatic rings. The summed E-state index contributed by atoms with van der Waals surface area (Å²) >= 11 is 0. The van der Waals surface area contributed by atoms with Crippen molar-refractivity contribution in [3.05, 3.63) is 203 Å². The molecule has 0 spiro atoms. The highest BCUT2D eigenvalue weighted by atomic mass is 16.5. The van der Waals surface area contributed by atoms with Gasteiger partial charge in [-0.1, -0.05) is 190 Å². The Morgan fingerprint density at radius 2 is 0.693 bits per heavy atom. The van der Waals surface area contributed by atoms with Crippen LogP contribution in [0.25, 0.3) is 11.1 Å². The van der Waals surface area contributed by atoms with Crippen molar-refractivity contribution in [2.45, 2.75) is 158 Å². The highest BCUT2D eigenvalue weighted by Gasteiger charge is 2.37. The van der Waals surface area contributed by atoms with Crippen LogP contribution in [0.15, 0.2) is 170 Å². The maximum absolute atomic E-state index is 15.0. The van der Waals surface area contributed by atoms with Crippen LogP contribution in [0.5, 0.6) is 0 Å². The molecule has 1 aliphatic carbocycles. The van der Waals surface area contributed by atoms with Crippen LogP contribution in [-0.4, -0.2) is 146 Å². The van der Waals surface area contributed by atoms with E-state index in [0.29, 0.717) is 73.7 Å². The van der Waals surface area contributed by atoms with E-state index < -0.39 is 120 Å². The SMILES string of the molecule is CC[C@H](C)[C@H](NC(=O)[C@H](CCCCN)NC(=O)[C@H](Cc1ccccc1)NC(=O)[C@H](Cc1ccccc1)NC(=O)[C@H](CCCCN)NC(=O)[C@H](CCCCN)NC(=O)[C@H](Cc1ccccc1)NC(=O)[C@H](Cc1ccccc1)NC(=O)CNC(=O)OCC1c2ccccc2-c2ccccc21)C(=O)O. The van der Waals surface area contributed by atoms with Crippen molar-refractivity contribution in [2.75, 3.05) is 32.8 Å². The van der Waals surface area contributed by atoms with Gasteiger partial charge in [-0.3, -0.25) is 38.4 Å². The van der Waals surface area contributed by atoms with Crippen LogP contribution in [0.1, 0.15) is 117 Å². The lowest BCUT2D eigenvalue weighted by Gasteiger charge is -2.28. The minimum Gasteiger partial charge on any atom is -0.480 e. The number of hydrogen-bond acceptors (Lipinski definition) is 14. The molecule has 0 aliphatic heterocycles. The van der Waals surface area contributed by atoms with E-state index >= 15 is 0 Å². The molecule has 0 saturated heterocycles. The van der Waals surface area contributed by atoms with Crippen molar-refractivity contribution < 1.29 is 57.8 Å². The molecule has 0 bridgehead atoms. The zero-order valence-electron chi connectivity index (χ0n) is 57.5. The Bertz CT molecular complexity index is 3620. The van der Waals surface area contributed by atoms with E-state index in [1.165, 1.54) is 0 Å². The summed E-state index contributed by atoms with van der Waals surface area (Å²) in [5.41, 5.74) is 24.4. The first-order valence-electron chi connectivity index (χ1n) is 34.9. The van der Waals surface area contributed by atoms with Crippen molar-refractivity contribution in [2.24, 2.45) is 23.1 Å². The number of carbonyl (C=O) groups excluding carboxylic acids is 9. The summed E-state index contributed by atoms with van der Waals surface area (Å²) in [6.07, 6.45) is 2.04. The molecule has 0 heterocycles. The van der Waals surface area contributed by atoms with E-state index in [2.05, 4.69) is 47.9 Å². The summed E-state index contributed by atoms with van der Waals surface area (Å²) in [5, 5.41) is 34.9. The number of unbranched alkanes of at least 4 members (excludes halogenated alkanes) is 3. The van der Waals surface area contributed by atoms with E-state index in [1.807, 2.05) is 48.5 Å². The van der Waals surface area contributed by atoms with Crippen LogP contribution < -0.4 is 65.1 Å². The highest BCUT2D eigenvalue weighted by Crippen LogP contribution is 2.44. The largest absolute Gasteiger partial charge is 0.480 e. The number of carboxylic acids is 1.